The maximum atomic E-state index is 9.83. The van der Waals surface area contributed by atoms with E-state index in [-0.39, 0.29) is 11.4 Å². The van der Waals surface area contributed by atoms with Crippen molar-refractivity contribution < 1.29 is 10.3 Å². The molecule has 1 amide bonds. The van der Waals surface area contributed by atoms with Crippen LogP contribution in [0, 0.1) is 0 Å². The quantitative estimate of drug-likeness (QED) is 0.415. The summed E-state index contributed by atoms with van der Waals surface area (Å²) in [4.78, 5) is 9.83. The number of hydrogen-bond donors (Lipinski definition) is 0. The molecule has 1 aliphatic heterocycles. The molecule has 0 fully saturated rings. The van der Waals surface area contributed by atoms with Gasteiger partial charge in [0.1, 0.15) is 6.21 Å². The SMILES string of the molecule is O=C1C=NN=N1.[O]. The maximum Gasteiger partial charge on any atom is 0.310 e. The van der Waals surface area contributed by atoms with Crippen LogP contribution in [0.2, 0.25) is 0 Å². The molecule has 0 N–H and O–H groups in total. The second kappa shape index (κ2) is 2.14. The van der Waals surface area contributed by atoms with E-state index in [1.54, 1.807) is 0 Å². The molecular weight excluding hydrogens is 98.0 g/mol. The zero-order valence-corrected chi connectivity index (χ0v) is 3.24. The van der Waals surface area contributed by atoms with Crippen molar-refractivity contribution >= 4 is 12.1 Å². The van der Waals surface area contributed by atoms with Crippen LogP contribution in [-0.4, -0.2) is 12.1 Å². The zero-order valence-electron chi connectivity index (χ0n) is 3.24. The van der Waals surface area contributed by atoms with Crippen LogP contribution < -0.4 is 0 Å². The van der Waals surface area contributed by atoms with E-state index in [1.165, 1.54) is 0 Å². The van der Waals surface area contributed by atoms with Crippen molar-refractivity contribution in [2.75, 3.05) is 0 Å². The van der Waals surface area contributed by atoms with Gasteiger partial charge in [0.25, 0.3) is 0 Å². The van der Waals surface area contributed by atoms with Crippen LogP contribution in [0.25, 0.3) is 0 Å². The molecule has 2 radical (unpaired) electrons. The molecule has 0 aliphatic carbocycles. The molecule has 1 aliphatic rings. The number of amides is 1. The average molecular weight is 99.0 g/mol. The van der Waals surface area contributed by atoms with E-state index in [0.29, 0.717) is 0 Å². The van der Waals surface area contributed by atoms with Gasteiger partial charge in [0.2, 0.25) is 0 Å². The van der Waals surface area contributed by atoms with Crippen LogP contribution in [0.15, 0.2) is 15.4 Å². The summed E-state index contributed by atoms with van der Waals surface area (Å²) in [6, 6.07) is 0. The topological polar surface area (TPSA) is 82.7 Å². The van der Waals surface area contributed by atoms with Gasteiger partial charge in [-0.25, -0.2) is 0 Å². The molecule has 5 nitrogen and oxygen atoms in total. The van der Waals surface area contributed by atoms with Crippen LogP contribution >= 0.6 is 0 Å². The third kappa shape index (κ3) is 1.18. The maximum absolute atomic E-state index is 9.83. The van der Waals surface area contributed by atoms with Gasteiger partial charge < -0.3 is 0 Å². The van der Waals surface area contributed by atoms with Gasteiger partial charge in [-0.1, -0.05) is 5.11 Å². The van der Waals surface area contributed by atoms with E-state index in [2.05, 4.69) is 15.4 Å². The Morgan fingerprint density at radius 2 is 2.29 bits per heavy atom. The lowest BCUT2D eigenvalue weighted by Gasteiger charge is -1.55. The lowest BCUT2D eigenvalue weighted by atomic mass is 10.7. The fourth-order valence-electron chi connectivity index (χ4n) is 0.171. The fourth-order valence-corrected chi connectivity index (χ4v) is 0.171. The molecule has 7 heavy (non-hydrogen) atoms. The predicted octanol–water partition coefficient (Wildman–Crippen LogP) is -0.154. The molecule has 1 rings (SSSR count). The highest BCUT2D eigenvalue weighted by atomic mass is 16.2. The molecule has 5 heteroatoms. The predicted molar refractivity (Wildman–Crippen MR) is 19.0 cm³/mol. The minimum atomic E-state index is -0.380. The first-order valence-electron chi connectivity index (χ1n) is 1.37. The number of carbonyl (C=O) groups excluding carboxylic acids is 1. The average Bonchev–Trinajstić information content (AvgIpc) is 1.86. The smallest absolute Gasteiger partial charge is 0.264 e. The van der Waals surface area contributed by atoms with E-state index in [0.717, 1.165) is 6.21 Å². The monoisotopic (exact) mass is 99.0 g/mol. The second-order valence-electron chi connectivity index (χ2n) is 0.772. The van der Waals surface area contributed by atoms with Crippen molar-refractivity contribution in [3.8, 4) is 0 Å². The summed E-state index contributed by atoms with van der Waals surface area (Å²) in [5.41, 5.74) is 0. The van der Waals surface area contributed by atoms with Crippen LogP contribution in [0.3, 0.4) is 0 Å². The largest absolute Gasteiger partial charge is 0.310 e. The van der Waals surface area contributed by atoms with Crippen LogP contribution in [0.5, 0.6) is 0 Å². The summed E-state index contributed by atoms with van der Waals surface area (Å²) < 4.78 is 0. The first-order valence-corrected chi connectivity index (χ1v) is 1.37. The Labute approximate surface area is 39.1 Å². The van der Waals surface area contributed by atoms with E-state index >= 15 is 0 Å². The molecule has 1 heterocycles. The summed E-state index contributed by atoms with van der Waals surface area (Å²) in [6.45, 7) is 0. The summed E-state index contributed by atoms with van der Waals surface area (Å²) in [6.07, 6.45) is 1.06. The standard InChI is InChI=1S/C2HN3O.O/c6-2-1-3-5-4-2;/h1H;. The molecule has 0 aromatic heterocycles. The molecule has 0 aromatic rings. The Hall–Kier alpha value is -1.10. The lowest BCUT2D eigenvalue weighted by Crippen LogP contribution is -1.84. The number of nitrogens with zero attached hydrogens (tertiary/aromatic N) is 3. The Morgan fingerprint density at radius 1 is 1.57 bits per heavy atom. The minimum Gasteiger partial charge on any atom is -0.264 e. The van der Waals surface area contributed by atoms with Gasteiger partial charge in [0.15, 0.2) is 0 Å². The summed E-state index contributed by atoms with van der Waals surface area (Å²) in [5, 5.41) is 9.16. The van der Waals surface area contributed by atoms with Crippen LogP contribution in [0.1, 0.15) is 0 Å². The summed E-state index contributed by atoms with van der Waals surface area (Å²) in [7, 11) is 0. The molecule has 0 spiro atoms. The van der Waals surface area contributed by atoms with Crippen molar-refractivity contribution in [1.82, 2.24) is 0 Å². The molecule has 0 aromatic carbocycles. The molecule has 36 valence electrons. The van der Waals surface area contributed by atoms with E-state index in [4.69, 9.17) is 0 Å². The Morgan fingerprint density at radius 3 is 2.43 bits per heavy atom. The minimum absolute atomic E-state index is 0. The molecule has 0 saturated carbocycles. The highest BCUT2D eigenvalue weighted by Crippen LogP contribution is 1.83. The van der Waals surface area contributed by atoms with Gasteiger partial charge in [-0.15, -0.1) is 5.10 Å². The third-order valence-corrected chi connectivity index (χ3v) is 0.363. The van der Waals surface area contributed by atoms with Gasteiger partial charge in [-0.3, -0.25) is 4.79 Å². The number of rotatable bonds is 0. The van der Waals surface area contributed by atoms with Gasteiger partial charge in [0.05, 0.1) is 0 Å². The first kappa shape index (κ1) is 5.90. The highest BCUT2D eigenvalue weighted by molar-refractivity contribution is 6.27. The fraction of sp³-hybridized carbons (Fsp3) is 0. The second-order valence-corrected chi connectivity index (χ2v) is 0.772. The van der Waals surface area contributed by atoms with E-state index < -0.39 is 0 Å². The molecule has 0 bridgehead atoms. The molecule has 0 saturated heterocycles. The molecule has 0 unspecified atom stereocenters. The normalized spacial score (nSPS) is 14.6. The summed E-state index contributed by atoms with van der Waals surface area (Å²) >= 11 is 0. The molecule has 0 atom stereocenters. The van der Waals surface area contributed by atoms with Crippen molar-refractivity contribution in [3.63, 3.8) is 0 Å². The van der Waals surface area contributed by atoms with Crippen LogP contribution in [0.4, 0.5) is 0 Å². The first-order chi connectivity index (χ1) is 2.89. The van der Waals surface area contributed by atoms with Gasteiger partial charge in [0, 0.05) is 5.48 Å². The highest BCUT2D eigenvalue weighted by Gasteiger charge is 1.94. The number of carbonyl (C=O) groups is 1. The van der Waals surface area contributed by atoms with E-state index in [9.17, 15) is 4.79 Å². The van der Waals surface area contributed by atoms with Gasteiger partial charge in [-0.05, 0) is 5.22 Å². The third-order valence-electron chi connectivity index (χ3n) is 0.363. The molecular formula is C2HN3O2. The van der Waals surface area contributed by atoms with Crippen molar-refractivity contribution in [2.24, 2.45) is 15.4 Å². The van der Waals surface area contributed by atoms with E-state index in [1.807, 2.05) is 0 Å². The van der Waals surface area contributed by atoms with Crippen molar-refractivity contribution in [3.05, 3.63) is 0 Å². The van der Waals surface area contributed by atoms with Gasteiger partial charge >= 0.3 is 5.91 Å². The van der Waals surface area contributed by atoms with Crippen LogP contribution in [-0.2, 0) is 10.3 Å². The lowest BCUT2D eigenvalue weighted by molar-refractivity contribution is -0.111. The Kier molecular flexibility index (Phi) is 1.80. The summed E-state index contributed by atoms with van der Waals surface area (Å²) in [5.74, 6) is -0.380. The zero-order chi connectivity index (χ0) is 4.41. The Bertz CT molecular complexity index is 113. The number of hydrogen-bond acceptors (Lipinski definition) is 3. The van der Waals surface area contributed by atoms with Crippen molar-refractivity contribution in [1.29, 1.82) is 0 Å². The van der Waals surface area contributed by atoms with Crippen molar-refractivity contribution in [2.45, 2.75) is 0 Å². The van der Waals surface area contributed by atoms with Gasteiger partial charge in [-0.2, -0.15) is 0 Å². The Balaban J connectivity index is 0.000000360.